The Bertz CT molecular complexity index is 1770. The van der Waals surface area contributed by atoms with Crippen molar-refractivity contribution in [1.29, 1.82) is 0 Å². The van der Waals surface area contributed by atoms with Gasteiger partial charge in [0.1, 0.15) is 25.6 Å². The molecule has 1 fully saturated rings. The van der Waals surface area contributed by atoms with E-state index in [1.165, 1.54) is 34.8 Å². The molecule has 0 atom stereocenters. The lowest BCUT2D eigenvalue weighted by Gasteiger charge is -2.27. The molecule has 0 unspecified atom stereocenters. The van der Waals surface area contributed by atoms with Crippen LogP contribution < -0.4 is 24.4 Å². The molecular formula is C44H63N7O4. The van der Waals surface area contributed by atoms with Gasteiger partial charge in [0.2, 0.25) is 11.8 Å². The summed E-state index contributed by atoms with van der Waals surface area (Å²) < 4.78 is 18.7. The average molecular weight is 754 g/mol. The predicted octanol–water partition coefficient (Wildman–Crippen LogP) is 8.76. The number of carbonyl (C=O) groups excluding carboxylic acids is 1. The molecular weight excluding hydrogens is 691 g/mol. The van der Waals surface area contributed by atoms with E-state index in [-0.39, 0.29) is 5.91 Å². The van der Waals surface area contributed by atoms with Crippen molar-refractivity contribution in [3.8, 4) is 17.4 Å². The molecule has 0 saturated carbocycles. The Kier molecular flexibility index (Phi) is 14.9. The maximum atomic E-state index is 11.6. The lowest BCUT2D eigenvalue weighted by atomic mass is 10.0. The number of rotatable bonds is 6. The van der Waals surface area contributed by atoms with Gasteiger partial charge in [0.05, 0.1) is 24.1 Å². The Morgan fingerprint density at radius 2 is 1.45 bits per heavy atom. The van der Waals surface area contributed by atoms with Gasteiger partial charge in [-0.2, -0.15) is 0 Å². The molecule has 0 radical (unpaired) electrons. The normalized spacial score (nSPS) is 15.9. The molecule has 1 N–H and O–H groups in total. The fourth-order valence-corrected chi connectivity index (χ4v) is 6.67. The number of nitrogens with one attached hydrogen (secondary N) is 1. The highest BCUT2D eigenvalue weighted by atomic mass is 16.6. The van der Waals surface area contributed by atoms with Gasteiger partial charge in [-0.05, 0) is 77.6 Å². The number of likely N-dealkylation sites (N-methyl/N-ethyl adjacent to an activating group) is 1. The average Bonchev–Trinajstić information content (AvgIpc) is 3.84. The van der Waals surface area contributed by atoms with Gasteiger partial charge in [0.15, 0.2) is 11.5 Å². The second kappa shape index (κ2) is 19.8. The number of amides is 1. The number of benzene rings is 1. The van der Waals surface area contributed by atoms with Crippen molar-refractivity contribution in [1.82, 2.24) is 24.4 Å². The molecule has 4 aromatic rings. The van der Waals surface area contributed by atoms with Gasteiger partial charge in [0, 0.05) is 56.9 Å². The maximum Gasteiger partial charge on any atom is 0.237 e. The van der Waals surface area contributed by atoms with E-state index >= 15 is 0 Å². The van der Waals surface area contributed by atoms with Gasteiger partial charge in [-0.15, -0.1) is 0 Å². The molecule has 7 heterocycles. The van der Waals surface area contributed by atoms with Crippen molar-refractivity contribution in [3.05, 3.63) is 83.3 Å². The zero-order chi connectivity index (χ0) is 39.5. The van der Waals surface area contributed by atoms with E-state index in [9.17, 15) is 4.79 Å². The molecule has 0 bridgehead atoms. The number of ether oxygens (including phenoxy) is 3. The van der Waals surface area contributed by atoms with Gasteiger partial charge in [-0.1, -0.05) is 68.4 Å². The lowest BCUT2D eigenvalue weighted by Crippen LogP contribution is -2.34. The Morgan fingerprint density at radius 3 is 2.13 bits per heavy atom. The summed E-state index contributed by atoms with van der Waals surface area (Å²) in [6.07, 6.45) is 9.20. The van der Waals surface area contributed by atoms with E-state index in [1.807, 2.05) is 29.6 Å². The Labute approximate surface area is 328 Å². The Morgan fingerprint density at radius 1 is 0.727 bits per heavy atom. The first-order valence-corrected chi connectivity index (χ1v) is 20.2. The van der Waals surface area contributed by atoms with Crippen LogP contribution in [0.1, 0.15) is 127 Å². The number of imidazole rings is 1. The molecule has 4 aliphatic rings. The quantitative estimate of drug-likeness (QED) is 0.207. The third kappa shape index (κ3) is 11.2. The first-order valence-electron chi connectivity index (χ1n) is 20.2. The number of nitrogens with zero attached hydrogens (tertiary/aromatic N) is 6. The van der Waals surface area contributed by atoms with E-state index in [0.717, 1.165) is 67.9 Å². The van der Waals surface area contributed by atoms with Gasteiger partial charge < -0.3 is 29.0 Å². The first-order chi connectivity index (χ1) is 26.4. The van der Waals surface area contributed by atoms with Crippen LogP contribution >= 0.6 is 0 Å². The molecule has 55 heavy (non-hydrogen) atoms. The summed E-state index contributed by atoms with van der Waals surface area (Å²) in [5, 5.41) is 3.27. The summed E-state index contributed by atoms with van der Waals surface area (Å²) in [5.74, 6) is 6.04. The van der Waals surface area contributed by atoms with Crippen LogP contribution in [0.15, 0.2) is 55.1 Å². The SMILES string of the molecule is CC(C)c1ccc2c(c1)OCCO2.CC(C)c1cnc2c(c1)NCCO2.CC(C)c1cncc(N2CCCC2=O)c1.CCN1CCn2c(C(C)C)cnc2C1. The van der Waals surface area contributed by atoms with Crippen LogP contribution in [0, 0.1) is 0 Å². The number of fused-ring (bicyclic) bond motifs is 3. The minimum atomic E-state index is 0.220. The lowest BCUT2D eigenvalue weighted by molar-refractivity contribution is -0.117. The molecule has 11 heteroatoms. The Hall–Kier alpha value is -4.64. The van der Waals surface area contributed by atoms with Crippen LogP contribution in [0.25, 0.3) is 0 Å². The summed E-state index contributed by atoms with van der Waals surface area (Å²) in [4.78, 5) is 28.8. The van der Waals surface area contributed by atoms with Crippen LogP contribution in [0.2, 0.25) is 0 Å². The van der Waals surface area contributed by atoms with Crippen LogP contribution in [0.3, 0.4) is 0 Å². The van der Waals surface area contributed by atoms with Crippen LogP contribution in [0.5, 0.6) is 17.4 Å². The fourth-order valence-electron chi connectivity index (χ4n) is 6.67. The second-order valence-corrected chi connectivity index (χ2v) is 15.7. The highest BCUT2D eigenvalue weighted by Gasteiger charge is 2.22. The van der Waals surface area contributed by atoms with E-state index in [0.29, 0.717) is 49.9 Å². The molecule has 1 amide bonds. The number of pyridine rings is 2. The van der Waals surface area contributed by atoms with Crippen molar-refractivity contribution >= 4 is 17.3 Å². The first kappa shape index (κ1) is 41.5. The van der Waals surface area contributed by atoms with E-state index in [2.05, 4.69) is 116 Å². The molecule has 8 rings (SSSR count). The summed E-state index contributed by atoms with van der Waals surface area (Å²) >= 11 is 0. The summed E-state index contributed by atoms with van der Waals surface area (Å²) in [6.45, 7) is 27.8. The van der Waals surface area contributed by atoms with E-state index in [1.54, 1.807) is 6.20 Å². The molecule has 4 aliphatic heterocycles. The number of anilines is 2. The predicted molar refractivity (Wildman–Crippen MR) is 221 cm³/mol. The maximum absolute atomic E-state index is 11.6. The standard InChI is InChI=1S/C12H16N2O.C11H19N3.C11H14O2.C10H14N2O/c1-9(2)10-6-11(8-13-7-10)14-5-3-4-12(14)15;1-4-13-5-6-14-10(9(2)3)7-12-11(14)8-13;1-8(2)9-3-4-10-11(7-9)13-6-5-12-10;1-7(2)8-5-9-10(12-6-8)13-4-3-11-9/h6-9H,3-5H2,1-2H3;7,9H,4-6,8H2,1-3H3;3-4,7-8H,5-6H2,1-2H3;5-7,11H,3-4H2,1-2H3. The van der Waals surface area contributed by atoms with E-state index < -0.39 is 0 Å². The molecule has 1 aromatic carbocycles. The fraction of sp³-hybridized carbons (Fsp3) is 0.545. The van der Waals surface area contributed by atoms with Gasteiger partial charge in [-0.25, -0.2) is 9.97 Å². The summed E-state index contributed by atoms with van der Waals surface area (Å²) in [5.41, 5.74) is 7.09. The van der Waals surface area contributed by atoms with Gasteiger partial charge in [0.25, 0.3) is 0 Å². The van der Waals surface area contributed by atoms with Crippen molar-refractivity contribution in [2.45, 2.75) is 112 Å². The molecule has 0 spiro atoms. The van der Waals surface area contributed by atoms with Crippen molar-refractivity contribution in [3.63, 3.8) is 0 Å². The molecule has 1 saturated heterocycles. The minimum absolute atomic E-state index is 0.220. The number of hydrogen-bond donors (Lipinski definition) is 1. The minimum Gasteiger partial charge on any atom is -0.486 e. The Balaban J connectivity index is 0.000000141. The van der Waals surface area contributed by atoms with Crippen molar-refractivity contribution in [2.24, 2.45) is 0 Å². The number of hydrogen-bond acceptors (Lipinski definition) is 9. The third-order valence-electron chi connectivity index (χ3n) is 10.2. The number of aromatic nitrogens is 4. The summed E-state index contributed by atoms with van der Waals surface area (Å²) in [6, 6.07) is 10.3. The van der Waals surface area contributed by atoms with Gasteiger partial charge >= 0.3 is 0 Å². The zero-order valence-corrected chi connectivity index (χ0v) is 34.6. The highest BCUT2D eigenvalue weighted by Crippen LogP contribution is 2.33. The van der Waals surface area contributed by atoms with Gasteiger partial charge in [-0.3, -0.25) is 14.7 Å². The molecule has 298 valence electrons. The largest absolute Gasteiger partial charge is 0.486 e. The highest BCUT2D eigenvalue weighted by molar-refractivity contribution is 5.95. The van der Waals surface area contributed by atoms with Crippen molar-refractivity contribution < 1.29 is 19.0 Å². The van der Waals surface area contributed by atoms with Crippen LogP contribution in [-0.2, 0) is 17.9 Å². The monoisotopic (exact) mass is 753 g/mol. The van der Waals surface area contributed by atoms with Crippen LogP contribution in [-0.4, -0.2) is 76.3 Å². The smallest absolute Gasteiger partial charge is 0.237 e. The van der Waals surface area contributed by atoms with Crippen LogP contribution in [0.4, 0.5) is 11.4 Å². The third-order valence-corrected chi connectivity index (χ3v) is 10.2. The zero-order valence-electron chi connectivity index (χ0n) is 34.6. The molecule has 0 aliphatic carbocycles. The van der Waals surface area contributed by atoms with Crippen molar-refractivity contribution in [2.75, 3.05) is 56.2 Å². The van der Waals surface area contributed by atoms with E-state index in [4.69, 9.17) is 14.2 Å². The molecule has 3 aromatic heterocycles. The topological polar surface area (TPSA) is 107 Å². The molecule has 11 nitrogen and oxygen atoms in total. The summed E-state index contributed by atoms with van der Waals surface area (Å²) in [7, 11) is 0. The second-order valence-electron chi connectivity index (χ2n) is 15.7. The number of carbonyl (C=O) groups is 1.